The Morgan fingerprint density at radius 3 is 2.90 bits per heavy atom. The van der Waals surface area contributed by atoms with Crippen LogP contribution in [-0.2, 0) is 14.3 Å². The highest BCUT2D eigenvalue weighted by molar-refractivity contribution is 9.10. The van der Waals surface area contributed by atoms with Gasteiger partial charge in [-0.1, -0.05) is 28.1 Å². The molecule has 0 aliphatic rings. The van der Waals surface area contributed by atoms with Gasteiger partial charge in [-0.2, -0.15) is 5.10 Å². The van der Waals surface area contributed by atoms with E-state index in [0.29, 0.717) is 13.2 Å². The van der Waals surface area contributed by atoms with Crippen LogP contribution in [0, 0.1) is 0 Å². The number of halogens is 1. The van der Waals surface area contributed by atoms with Crippen LogP contribution in [0.25, 0.3) is 0 Å². The summed E-state index contributed by atoms with van der Waals surface area (Å²) < 4.78 is 5.70. The Kier molecular flexibility index (Phi) is 7.52. The molecule has 0 aliphatic heterocycles. The molecule has 1 aromatic carbocycles. The fourth-order valence-electron chi connectivity index (χ4n) is 1.31. The Bertz CT molecular complexity index is 492. The second-order valence-corrected chi connectivity index (χ2v) is 4.78. The van der Waals surface area contributed by atoms with E-state index in [1.807, 2.05) is 24.3 Å². The van der Waals surface area contributed by atoms with Gasteiger partial charge in [-0.3, -0.25) is 9.59 Å². The Morgan fingerprint density at radius 1 is 1.40 bits per heavy atom. The molecule has 2 amide bonds. The van der Waals surface area contributed by atoms with Gasteiger partial charge in [0.15, 0.2) is 0 Å². The summed E-state index contributed by atoms with van der Waals surface area (Å²) in [6, 6.07) is 7.45. The highest BCUT2D eigenvalue weighted by Crippen LogP contribution is 2.09. The first-order chi connectivity index (χ1) is 9.61. The van der Waals surface area contributed by atoms with Crippen LogP contribution < -0.4 is 10.7 Å². The molecule has 0 saturated carbocycles. The number of hydrogen-bond acceptors (Lipinski definition) is 4. The number of rotatable bonds is 7. The SMILES string of the molecule is COCCNC(=O)CC(=O)N/N=C/c1cccc(Br)c1. The van der Waals surface area contributed by atoms with Crippen molar-refractivity contribution in [2.75, 3.05) is 20.3 Å². The molecule has 0 aromatic heterocycles. The van der Waals surface area contributed by atoms with Crippen LogP contribution >= 0.6 is 15.9 Å². The van der Waals surface area contributed by atoms with Crippen molar-refractivity contribution >= 4 is 34.0 Å². The predicted octanol–water partition coefficient (Wildman–Crippen LogP) is 1.05. The monoisotopic (exact) mass is 341 g/mol. The van der Waals surface area contributed by atoms with Crippen LogP contribution in [0.3, 0.4) is 0 Å². The van der Waals surface area contributed by atoms with Crippen molar-refractivity contribution in [2.45, 2.75) is 6.42 Å². The minimum absolute atomic E-state index is 0.264. The van der Waals surface area contributed by atoms with Crippen LogP contribution in [0.5, 0.6) is 0 Å². The van der Waals surface area contributed by atoms with Crippen LogP contribution in [0.2, 0.25) is 0 Å². The lowest BCUT2D eigenvalue weighted by Gasteiger charge is -2.03. The lowest BCUT2D eigenvalue weighted by Crippen LogP contribution is -2.31. The topological polar surface area (TPSA) is 79.8 Å². The number of nitrogens with zero attached hydrogens (tertiary/aromatic N) is 1. The number of carbonyl (C=O) groups is 2. The van der Waals surface area contributed by atoms with E-state index in [9.17, 15) is 9.59 Å². The fraction of sp³-hybridized carbons (Fsp3) is 0.308. The molecule has 0 bridgehead atoms. The summed E-state index contributed by atoms with van der Waals surface area (Å²) in [4.78, 5) is 22.7. The maximum absolute atomic E-state index is 11.4. The normalized spacial score (nSPS) is 10.5. The maximum atomic E-state index is 11.4. The first-order valence-corrected chi connectivity index (χ1v) is 6.74. The van der Waals surface area contributed by atoms with Gasteiger partial charge >= 0.3 is 0 Å². The van der Waals surface area contributed by atoms with E-state index in [0.717, 1.165) is 10.0 Å². The van der Waals surface area contributed by atoms with Gasteiger partial charge < -0.3 is 10.1 Å². The Morgan fingerprint density at radius 2 is 2.20 bits per heavy atom. The van der Waals surface area contributed by atoms with E-state index in [1.54, 1.807) is 0 Å². The van der Waals surface area contributed by atoms with Crippen LogP contribution in [0.15, 0.2) is 33.8 Å². The molecule has 0 heterocycles. The lowest BCUT2D eigenvalue weighted by molar-refractivity contribution is -0.129. The molecule has 0 radical (unpaired) electrons. The van der Waals surface area contributed by atoms with Crippen molar-refractivity contribution in [3.63, 3.8) is 0 Å². The summed E-state index contributed by atoms with van der Waals surface area (Å²) >= 11 is 3.33. The second kappa shape index (κ2) is 9.22. The van der Waals surface area contributed by atoms with Gasteiger partial charge in [0.2, 0.25) is 11.8 Å². The molecule has 0 atom stereocenters. The van der Waals surface area contributed by atoms with Crippen molar-refractivity contribution in [3.05, 3.63) is 34.3 Å². The zero-order chi connectivity index (χ0) is 14.8. The summed E-state index contributed by atoms with van der Waals surface area (Å²) in [5.74, 6) is -0.830. The van der Waals surface area contributed by atoms with Gasteiger partial charge in [0.05, 0.1) is 12.8 Å². The molecule has 7 heteroatoms. The molecule has 6 nitrogen and oxygen atoms in total. The molecular formula is C13H16BrN3O3. The summed E-state index contributed by atoms with van der Waals surface area (Å²) in [5, 5.41) is 6.33. The zero-order valence-electron chi connectivity index (χ0n) is 11.1. The third-order valence-corrected chi connectivity index (χ3v) is 2.69. The summed E-state index contributed by atoms with van der Waals surface area (Å²) in [6.45, 7) is 0.790. The Labute approximate surface area is 125 Å². The quantitative estimate of drug-likeness (QED) is 0.336. The van der Waals surface area contributed by atoms with Gasteiger partial charge in [0, 0.05) is 18.1 Å². The minimum atomic E-state index is -0.467. The fourth-order valence-corrected chi connectivity index (χ4v) is 1.72. The second-order valence-electron chi connectivity index (χ2n) is 3.87. The predicted molar refractivity (Wildman–Crippen MR) is 79.4 cm³/mol. The third-order valence-electron chi connectivity index (χ3n) is 2.20. The molecule has 20 heavy (non-hydrogen) atoms. The number of carbonyl (C=O) groups excluding carboxylic acids is 2. The van der Waals surface area contributed by atoms with Crippen LogP contribution in [-0.4, -0.2) is 38.3 Å². The van der Waals surface area contributed by atoms with Crippen LogP contribution in [0.1, 0.15) is 12.0 Å². The Hall–Kier alpha value is -1.73. The average Bonchev–Trinajstić information content (AvgIpc) is 2.39. The number of hydrogen-bond donors (Lipinski definition) is 2. The van der Waals surface area contributed by atoms with E-state index in [2.05, 4.69) is 31.8 Å². The lowest BCUT2D eigenvalue weighted by atomic mass is 10.2. The van der Waals surface area contributed by atoms with Gasteiger partial charge in [0.25, 0.3) is 0 Å². The Balaban J connectivity index is 2.30. The molecule has 108 valence electrons. The smallest absolute Gasteiger partial charge is 0.249 e. The van der Waals surface area contributed by atoms with Crippen molar-refractivity contribution in [1.29, 1.82) is 0 Å². The summed E-state index contributed by atoms with van der Waals surface area (Å²) in [5.41, 5.74) is 3.13. The number of nitrogens with one attached hydrogen (secondary N) is 2. The number of amides is 2. The first-order valence-electron chi connectivity index (χ1n) is 5.95. The summed E-state index contributed by atoms with van der Waals surface area (Å²) in [6.07, 6.45) is 1.24. The van der Waals surface area contributed by atoms with Gasteiger partial charge in [-0.15, -0.1) is 0 Å². The standard InChI is InChI=1S/C13H16BrN3O3/c1-20-6-5-15-12(18)8-13(19)17-16-9-10-3-2-4-11(14)7-10/h2-4,7,9H,5-6,8H2,1H3,(H,15,18)(H,17,19)/b16-9+. The molecule has 1 aromatic rings. The number of hydrazone groups is 1. The molecule has 2 N–H and O–H groups in total. The van der Waals surface area contributed by atoms with Crippen molar-refractivity contribution in [2.24, 2.45) is 5.10 Å². The number of methoxy groups -OCH3 is 1. The maximum Gasteiger partial charge on any atom is 0.249 e. The van der Waals surface area contributed by atoms with E-state index >= 15 is 0 Å². The zero-order valence-corrected chi connectivity index (χ0v) is 12.6. The molecule has 0 fully saturated rings. The van der Waals surface area contributed by atoms with E-state index in [-0.39, 0.29) is 12.3 Å². The highest BCUT2D eigenvalue weighted by atomic mass is 79.9. The highest BCUT2D eigenvalue weighted by Gasteiger charge is 2.07. The minimum Gasteiger partial charge on any atom is -0.383 e. The molecule has 0 aliphatic carbocycles. The largest absolute Gasteiger partial charge is 0.383 e. The third kappa shape index (κ3) is 7.01. The van der Waals surface area contributed by atoms with E-state index in [4.69, 9.17) is 4.74 Å². The van der Waals surface area contributed by atoms with Gasteiger partial charge in [-0.05, 0) is 17.7 Å². The van der Waals surface area contributed by atoms with E-state index < -0.39 is 5.91 Å². The van der Waals surface area contributed by atoms with Crippen molar-refractivity contribution in [1.82, 2.24) is 10.7 Å². The number of benzene rings is 1. The molecule has 0 unspecified atom stereocenters. The van der Waals surface area contributed by atoms with E-state index in [1.165, 1.54) is 13.3 Å². The van der Waals surface area contributed by atoms with Crippen molar-refractivity contribution < 1.29 is 14.3 Å². The molecule has 0 spiro atoms. The van der Waals surface area contributed by atoms with Gasteiger partial charge in [-0.25, -0.2) is 5.43 Å². The molecule has 0 saturated heterocycles. The average molecular weight is 342 g/mol. The van der Waals surface area contributed by atoms with Gasteiger partial charge in [0.1, 0.15) is 6.42 Å². The van der Waals surface area contributed by atoms with Crippen LogP contribution in [0.4, 0.5) is 0 Å². The van der Waals surface area contributed by atoms with Crippen molar-refractivity contribution in [3.8, 4) is 0 Å². The first kappa shape index (κ1) is 16.3. The molecular weight excluding hydrogens is 326 g/mol. The molecule has 1 rings (SSSR count). The summed E-state index contributed by atoms with van der Waals surface area (Å²) in [7, 11) is 1.54. The number of ether oxygens (including phenoxy) is 1.